The Kier molecular flexibility index (Phi) is 9.01. The Hall–Kier alpha value is -5.86. The quantitative estimate of drug-likeness (QED) is 0.113. The molecule has 0 radical (unpaired) electrons. The standard InChI is InChI=1S/C27H26N8O7/c1-2-42-26(37)22-23(16-3-5-18(6-4-16)25(28)36)32-27(33-24(22)17-7-9-19(10-8-17)34(38)39)30-14-13-29-21-12-11-20(15-31-21)35(40)41/h3-12,15,23H,2,13-14H2,1H3,(H2,28,36)(H,29,31)(H2,30,32,33). The van der Waals surface area contributed by atoms with Gasteiger partial charge in [0.15, 0.2) is 5.96 Å². The molecule has 2 aromatic carbocycles. The van der Waals surface area contributed by atoms with Crippen molar-refractivity contribution in [3.63, 3.8) is 0 Å². The van der Waals surface area contributed by atoms with Crippen LogP contribution in [0.1, 0.15) is 34.5 Å². The number of amides is 1. The largest absolute Gasteiger partial charge is 0.463 e. The molecule has 15 nitrogen and oxygen atoms in total. The number of aromatic nitrogens is 1. The van der Waals surface area contributed by atoms with Gasteiger partial charge in [0, 0.05) is 30.3 Å². The molecule has 1 aromatic heterocycles. The summed E-state index contributed by atoms with van der Waals surface area (Å²) in [6.07, 6.45) is 1.14. The summed E-state index contributed by atoms with van der Waals surface area (Å²) in [6.45, 7) is 2.32. The van der Waals surface area contributed by atoms with Gasteiger partial charge in [-0.2, -0.15) is 0 Å². The number of nitrogens with zero attached hydrogens (tertiary/aromatic N) is 4. The summed E-state index contributed by atoms with van der Waals surface area (Å²) in [5.74, 6) is -0.516. The summed E-state index contributed by atoms with van der Waals surface area (Å²) in [5, 5.41) is 31.4. The van der Waals surface area contributed by atoms with Gasteiger partial charge >= 0.3 is 5.97 Å². The number of esters is 1. The van der Waals surface area contributed by atoms with E-state index in [9.17, 15) is 29.8 Å². The van der Waals surface area contributed by atoms with E-state index in [0.717, 1.165) is 6.20 Å². The Labute approximate surface area is 238 Å². The highest BCUT2D eigenvalue weighted by molar-refractivity contribution is 6.05. The fraction of sp³-hybridized carbons (Fsp3) is 0.185. The molecular weight excluding hydrogens is 548 g/mol. The number of benzene rings is 2. The first kappa shape index (κ1) is 29.1. The van der Waals surface area contributed by atoms with Gasteiger partial charge in [-0.25, -0.2) is 9.78 Å². The molecule has 2 heterocycles. The number of guanidine groups is 1. The fourth-order valence-electron chi connectivity index (χ4n) is 4.11. The van der Waals surface area contributed by atoms with Gasteiger partial charge in [-0.15, -0.1) is 0 Å². The Bertz CT molecular complexity index is 1550. The molecule has 0 saturated carbocycles. The van der Waals surface area contributed by atoms with E-state index in [0.29, 0.717) is 35.1 Å². The number of primary amides is 1. The van der Waals surface area contributed by atoms with Crippen LogP contribution in [0.25, 0.3) is 5.70 Å². The van der Waals surface area contributed by atoms with Crippen molar-refractivity contribution in [2.24, 2.45) is 10.7 Å². The highest BCUT2D eigenvalue weighted by atomic mass is 16.6. The van der Waals surface area contributed by atoms with Crippen molar-refractivity contribution in [3.8, 4) is 0 Å². The molecule has 1 aliphatic rings. The van der Waals surface area contributed by atoms with Gasteiger partial charge in [0.25, 0.3) is 11.4 Å². The van der Waals surface area contributed by atoms with Crippen LogP contribution in [-0.4, -0.2) is 52.4 Å². The van der Waals surface area contributed by atoms with E-state index in [4.69, 9.17) is 10.5 Å². The molecule has 4 rings (SSSR count). The molecule has 5 N–H and O–H groups in total. The average molecular weight is 575 g/mol. The van der Waals surface area contributed by atoms with Crippen LogP contribution in [0, 0.1) is 20.2 Å². The van der Waals surface area contributed by atoms with Gasteiger partial charge in [-0.1, -0.05) is 12.1 Å². The zero-order chi connectivity index (χ0) is 30.2. The van der Waals surface area contributed by atoms with E-state index in [2.05, 4.69) is 25.9 Å². The van der Waals surface area contributed by atoms with E-state index in [1.807, 2.05) is 0 Å². The van der Waals surface area contributed by atoms with Crippen LogP contribution in [0.4, 0.5) is 17.2 Å². The van der Waals surface area contributed by atoms with Crippen molar-refractivity contribution in [2.75, 3.05) is 25.0 Å². The number of carbonyl (C=O) groups excluding carboxylic acids is 2. The van der Waals surface area contributed by atoms with Crippen molar-refractivity contribution in [3.05, 3.63) is 109 Å². The lowest BCUT2D eigenvalue weighted by Gasteiger charge is -2.32. The van der Waals surface area contributed by atoms with Gasteiger partial charge in [0.1, 0.15) is 12.0 Å². The molecule has 1 atom stereocenters. The van der Waals surface area contributed by atoms with E-state index >= 15 is 0 Å². The van der Waals surface area contributed by atoms with Crippen molar-refractivity contribution in [2.45, 2.75) is 13.0 Å². The number of nitro benzene ring substituents is 1. The summed E-state index contributed by atoms with van der Waals surface area (Å²) >= 11 is 0. The fourth-order valence-corrected chi connectivity index (χ4v) is 4.11. The minimum atomic E-state index is -0.777. The lowest BCUT2D eigenvalue weighted by atomic mass is 9.92. The van der Waals surface area contributed by atoms with Crippen LogP contribution in [-0.2, 0) is 9.53 Å². The van der Waals surface area contributed by atoms with Crippen LogP contribution < -0.4 is 21.7 Å². The first-order valence-corrected chi connectivity index (χ1v) is 12.7. The molecule has 15 heteroatoms. The Morgan fingerprint density at radius 3 is 2.26 bits per heavy atom. The second-order valence-electron chi connectivity index (χ2n) is 8.82. The van der Waals surface area contributed by atoms with E-state index in [1.165, 1.54) is 48.5 Å². The van der Waals surface area contributed by atoms with Gasteiger partial charge < -0.3 is 26.4 Å². The SMILES string of the molecule is CCOC(=O)C1=C(c2ccc([N+](=O)[O-])cc2)NC(=NCCNc2ccc([N+](=O)[O-])cn2)NC1c1ccc(C(N)=O)cc1. The Morgan fingerprint density at radius 2 is 1.69 bits per heavy atom. The van der Waals surface area contributed by atoms with Crippen molar-refractivity contribution < 1.29 is 24.2 Å². The zero-order valence-electron chi connectivity index (χ0n) is 22.3. The molecule has 1 aliphatic heterocycles. The summed E-state index contributed by atoms with van der Waals surface area (Å²) in [6, 6.07) is 14.1. The molecule has 42 heavy (non-hydrogen) atoms. The lowest BCUT2D eigenvalue weighted by Crippen LogP contribution is -2.46. The topological polar surface area (TPSA) is 217 Å². The van der Waals surface area contributed by atoms with Gasteiger partial charge in [0.05, 0.1) is 40.3 Å². The minimum Gasteiger partial charge on any atom is -0.463 e. The summed E-state index contributed by atoms with van der Waals surface area (Å²) in [4.78, 5) is 54.4. The highest BCUT2D eigenvalue weighted by Crippen LogP contribution is 2.33. The van der Waals surface area contributed by atoms with E-state index in [1.54, 1.807) is 19.1 Å². The highest BCUT2D eigenvalue weighted by Gasteiger charge is 2.34. The van der Waals surface area contributed by atoms with Crippen molar-refractivity contribution in [1.82, 2.24) is 15.6 Å². The van der Waals surface area contributed by atoms with Gasteiger partial charge in [-0.05, 0) is 48.4 Å². The number of rotatable bonds is 11. The number of aliphatic imine (C=N–C) groups is 1. The Balaban J connectivity index is 1.68. The first-order chi connectivity index (χ1) is 20.2. The second kappa shape index (κ2) is 13.0. The molecule has 1 unspecified atom stereocenters. The second-order valence-corrected chi connectivity index (χ2v) is 8.82. The number of non-ortho nitro benzene ring substituents is 1. The minimum absolute atomic E-state index is 0.104. The maximum atomic E-state index is 13.3. The monoisotopic (exact) mass is 574 g/mol. The van der Waals surface area contributed by atoms with Crippen molar-refractivity contribution >= 4 is 40.7 Å². The molecule has 0 fully saturated rings. The van der Waals surface area contributed by atoms with E-state index < -0.39 is 27.8 Å². The zero-order valence-corrected chi connectivity index (χ0v) is 22.3. The molecule has 1 amide bonds. The number of nitrogens with one attached hydrogen (secondary N) is 3. The lowest BCUT2D eigenvalue weighted by molar-refractivity contribution is -0.385. The molecule has 0 saturated heterocycles. The molecule has 0 bridgehead atoms. The normalized spacial score (nSPS) is 15.4. The third-order valence-electron chi connectivity index (χ3n) is 6.12. The number of hydrogen-bond acceptors (Lipinski definition) is 10. The number of nitro groups is 2. The summed E-state index contributed by atoms with van der Waals surface area (Å²) in [5.41, 5.74) is 7.02. The van der Waals surface area contributed by atoms with Gasteiger partial charge in [-0.3, -0.25) is 30.0 Å². The number of hydrogen-bond donors (Lipinski definition) is 4. The molecular formula is C27H26N8O7. The van der Waals surface area contributed by atoms with Crippen LogP contribution in [0.3, 0.4) is 0 Å². The van der Waals surface area contributed by atoms with Crippen LogP contribution in [0.15, 0.2) is 77.4 Å². The molecule has 0 aliphatic carbocycles. The van der Waals surface area contributed by atoms with Crippen LogP contribution >= 0.6 is 0 Å². The Morgan fingerprint density at radius 1 is 1.02 bits per heavy atom. The molecule has 0 spiro atoms. The smallest absolute Gasteiger partial charge is 0.338 e. The predicted molar refractivity (Wildman–Crippen MR) is 152 cm³/mol. The third-order valence-corrected chi connectivity index (χ3v) is 6.12. The number of pyridine rings is 1. The van der Waals surface area contributed by atoms with Crippen LogP contribution in [0.5, 0.6) is 0 Å². The number of anilines is 1. The summed E-state index contributed by atoms with van der Waals surface area (Å²) < 4.78 is 5.36. The summed E-state index contributed by atoms with van der Waals surface area (Å²) in [7, 11) is 0. The van der Waals surface area contributed by atoms with Gasteiger partial charge in [0.2, 0.25) is 5.91 Å². The average Bonchev–Trinajstić information content (AvgIpc) is 2.99. The third kappa shape index (κ3) is 6.82. The number of carbonyl (C=O) groups is 2. The first-order valence-electron chi connectivity index (χ1n) is 12.7. The van der Waals surface area contributed by atoms with E-state index in [-0.39, 0.29) is 35.7 Å². The molecule has 3 aromatic rings. The number of nitrogens with two attached hydrogens (primary N) is 1. The van der Waals surface area contributed by atoms with Crippen molar-refractivity contribution in [1.29, 1.82) is 0 Å². The van der Waals surface area contributed by atoms with Crippen LogP contribution in [0.2, 0.25) is 0 Å². The number of ether oxygens (including phenoxy) is 1. The predicted octanol–water partition coefficient (Wildman–Crippen LogP) is 2.67. The molecule has 216 valence electrons. The maximum Gasteiger partial charge on any atom is 0.338 e. The maximum absolute atomic E-state index is 13.3.